The Morgan fingerprint density at radius 1 is 1.09 bits per heavy atom. The molecule has 3 aromatic carbocycles. The summed E-state index contributed by atoms with van der Waals surface area (Å²) < 4.78 is 1.86. The summed E-state index contributed by atoms with van der Waals surface area (Å²) in [7, 11) is 0. The zero-order valence-electron chi connectivity index (χ0n) is 18.1. The predicted octanol–water partition coefficient (Wildman–Crippen LogP) is 5.27. The molecule has 4 aromatic rings. The van der Waals surface area contributed by atoms with Crippen LogP contribution in [0.15, 0.2) is 66.9 Å². The van der Waals surface area contributed by atoms with E-state index in [9.17, 15) is 9.59 Å². The molecule has 0 aliphatic heterocycles. The van der Waals surface area contributed by atoms with Gasteiger partial charge in [0.1, 0.15) is 0 Å². The number of aryl methyl sites for hydroxylation is 1. The molecule has 1 aliphatic carbocycles. The minimum absolute atomic E-state index is 0.0632. The number of hydrogen-bond acceptors (Lipinski definition) is 3. The highest BCUT2D eigenvalue weighted by Gasteiger charge is 2.29. The van der Waals surface area contributed by atoms with Gasteiger partial charge in [0.25, 0.3) is 5.91 Å². The molecule has 1 heterocycles. The Labute approximate surface area is 196 Å². The van der Waals surface area contributed by atoms with Gasteiger partial charge in [0.15, 0.2) is 0 Å². The second-order valence-electron chi connectivity index (χ2n) is 8.39. The average molecular weight is 459 g/mol. The van der Waals surface area contributed by atoms with E-state index in [4.69, 9.17) is 11.6 Å². The smallest absolute Gasteiger partial charge is 0.257 e. The van der Waals surface area contributed by atoms with Crippen LogP contribution in [0.3, 0.4) is 0 Å². The molecule has 0 atom stereocenters. The number of halogens is 1. The van der Waals surface area contributed by atoms with Gasteiger partial charge < -0.3 is 10.6 Å². The lowest BCUT2D eigenvalue weighted by molar-refractivity contribution is -0.122. The van der Waals surface area contributed by atoms with Gasteiger partial charge >= 0.3 is 0 Å². The summed E-state index contributed by atoms with van der Waals surface area (Å²) in [5, 5.41) is 11.6. The fourth-order valence-corrected chi connectivity index (χ4v) is 4.05. The molecule has 33 heavy (non-hydrogen) atoms. The van der Waals surface area contributed by atoms with Crippen molar-refractivity contribution in [2.24, 2.45) is 5.92 Å². The van der Waals surface area contributed by atoms with Crippen molar-refractivity contribution >= 4 is 40.0 Å². The zero-order valence-corrected chi connectivity index (χ0v) is 18.9. The number of nitrogens with zero attached hydrogens (tertiary/aromatic N) is 2. The Hall–Kier alpha value is -3.64. The molecule has 0 bridgehead atoms. The molecule has 1 saturated carbocycles. The first-order valence-electron chi connectivity index (χ1n) is 10.9. The van der Waals surface area contributed by atoms with E-state index in [2.05, 4.69) is 21.8 Å². The number of carbonyl (C=O) groups is 2. The first kappa shape index (κ1) is 21.2. The summed E-state index contributed by atoms with van der Waals surface area (Å²) in [5.74, 6) is -0.110. The van der Waals surface area contributed by atoms with E-state index < -0.39 is 0 Å². The minimum atomic E-state index is -0.314. The Balaban J connectivity index is 1.39. The first-order valence-corrected chi connectivity index (χ1v) is 11.3. The van der Waals surface area contributed by atoms with E-state index in [1.807, 2.05) is 54.1 Å². The number of anilines is 1. The third-order valence-corrected chi connectivity index (χ3v) is 6.13. The van der Waals surface area contributed by atoms with E-state index in [-0.39, 0.29) is 17.7 Å². The molecule has 2 N–H and O–H groups in total. The van der Waals surface area contributed by atoms with E-state index in [1.165, 1.54) is 0 Å². The van der Waals surface area contributed by atoms with Crippen LogP contribution in [-0.2, 0) is 11.3 Å². The fraction of sp³-hybridized carbons (Fsp3) is 0.192. The lowest BCUT2D eigenvalue weighted by Gasteiger charge is -2.11. The third-order valence-electron chi connectivity index (χ3n) is 5.80. The van der Waals surface area contributed by atoms with Crippen LogP contribution < -0.4 is 10.6 Å². The summed E-state index contributed by atoms with van der Waals surface area (Å²) in [6.45, 7) is 2.40. The van der Waals surface area contributed by atoms with Crippen molar-refractivity contribution in [1.29, 1.82) is 0 Å². The second-order valence-corrected chi connectivity index (χ2v) is 8.80. The second kappa shape index (κ2) is 8.71. The number of amides is 2. The van der Waals surface area contributed by atoms with Crippen LogP contribution >= 0.6 is 11.6 Å². The monoisotopic (exact) mass is 458 g/mol. The number of rotatable bonds is 6. The maximum atomic E-state index is 13.1. The van der Waals surface area contributed by atoms with Crippen LogP contribution in [0, 0.1) is 12.8 Å². The van der Waals surface area contributed by atoms with E-state index >= 15 is 0 Å². The highest BCUT2D eigenvalue weighted by molar-refractivity contribution is 6.34. The first-order chi connectivity index (χ1) is 16.0. The lowest BCUT2D eigenvalue weighted by Crippen LogP contribution is -2.24. The van der Waals surface area contributed by atoms with Gasteiger partial charge in [0.05, 0.1) is 33.7 Å². The maximum absolute atomic E-state index is 13.1. The molecule has 0 unspecified atom stereocenters. The van der Waals surface area contributed by atoms with Crippen LogP contribution in [0.2, 0.25) is 5.02 Å². The van der Waals surface area contributed by atoms with Gasteiger partial charge in [-0.3, -0.25) is 9.59 Å². The SMILES string of the molecule is Cc1cccc(-n2ncc3c(NC(=O)c4cc(CNC(=O)C5CC5)ccc4Cl)cccc32)c1. The average Bonchev–Trinajstić information content (AvgIpc) is 3.57. The van der Waals surface area contributed by atoms with Crippen molar-refractivity contribution < 1.29 is 9.59 Å². The third kappa shape index (κ3) is 4.47. The summed E-state index contributed by atoms with van der Waals surface area (Å²) in [6, 6.07) is 19.0. The lowest BCUT2D eigenvalue weighted by atomic mass is 10.1. The zero-order chi connectivity index (χ0) is 22.9. The van der Waals surface area contributed by atoms with Gasteiger partial charge in [0, 0.05) is 17.8 Å². The predicted molar refractivity (Wildman–Crippen MR) is 130 cm³/mol. The van der Waals surface area contributed by atoms with Crippen LogP contribution in [0.4, 0.5) is 5.69 Å². The maximum Gasteiger partial charge on any atom is 0.257 e. The van der Waals surface area contributed by atoms with E-state index in [1.54, 1.807) is 18.3 Å². The van der Waals surface area contributed by atoms with Crippen molar-refractivity contribution in [2.75, 3.05) is 5.32 Å². The topological polar surface area (TPSA) is 76.0 Å². The number of aromatic nitrogens is 2. The molecule has 166 valence electrons. The molecule has 7 heteroatoms. The largest absolute Gasteiger partial charge is 0.352 e. The molecule has 5 rings (SSSR count). The van der Waals surface area contributed by atoms with Gasteiger partial charge in [-0.25, -0.2) is 4.68 Å². The van der Waals surface area contributed by atoms with Crippen molar-refractivity contribution in [3.63, 3.8) is 0 Å². The van der Waals surface area contributed by atoms with Crippen LogP contribution in [0.5, 0.6) is 0 Å². The molecule has 1 fully saturated rings. The van der Waals surface area contributed by atoms with E-state index in [0.29, 0.717) is 22.8 Å². The molecule has 2 amide bonds. The quantitative estimate of drug-likeness (QED) is 0.413. The Kier molecular flexibility index (Phi) is 5.60. The summed E-state index contributed by atoms with van der Waals surface area (Å²) in [5.41, 5.74) is 4.82. The van der Waals surface area contributed by atoms with Crippen molar-refractivity contribution in [2.45, 2.75) is 26.3 Å². The highest BCUT2D eigenvalue weighted by atomic mass is 35.5. The Morgan fingerprint density at radius 2 is 1.91 bits per heavy atom. The summed E-state index contributed by atoms with van der Waals surface area (Å²) in [6.07, 6.45) is 3.65. The standard InChI is InChI=1S/C26H23ClN4O2/c1-16-4-2-5-19(12-16)31-24-7-3-6-23(21(24)15-29-31)30-26(33)20-13-17(8-11-22(20)27)14-28-25(32)18-9-10-18/h2-8,11-13,15,18H,9-10,14H2,1H3,(H,28,32)(H,30,33). The van der Waals surface area contributed by atoms with Crippen LogP contribution in [-0.4, -0.2) is 21.6 Å². The number of carbonyl (C=O) groups excluding carboxylic acids is 2. The molecule has 1 aliphatic rings. The van der Waals surface area contributed by atoms with Gasteiger partial charge in [-0.15, -0.1) is 0 Å². The number of nitrogens with one attached hydrogen (secondary N) is 2. The van der Waals surface area contributed by atoms with E-state index in [0.717, 1.165) is 40.6 Å². The molecule has 6 nitrogen and oxygen atoms in total. The number of hydrogen-bond donors (Lipinski definition) is 2. The van der Waals surface area contributed by atoms with Gasteiger partial charge in [-0.05, 0) is 67.3 Å². The van der Waals surface area contributed by atoms with Crippen molar-refractivity contribution in [3.8, 4) is 5.69 Å². The molecular formula is C26H23ClN4O2. The van der Waals surface area contributed by atoms with Crippen molar-refractivity contribution in [3.05, 3.63) is 88.6 Å². The van der Waals surface area contributed by atoms with Crippen LogP contribution in [0.1, 0.15) is 34.3 Å². The van der Waals surface area contributed by atoms with Gasteiger partial charge in [0.2, 0.25) is 5.91 Å². The summed E-state index contributed by atoms with van der Waals surface area (Å²) >= 11 is 6.33. The minimum Gasteiger partial charge on any atom is -0.352 e. The molecule has 0 spiro atoms. The Bertz CT molecular complexity index is 1370. The Morgan fingerprint density at radius 3 is 2.70 bits per heavy atom. The van der Waals surface area contributed by atoms with Crippen molar-refractivity contribution in [1.82, 2.24) is 15.1 Å². The van der Waals surface area contributed by atoms with Gasteiger partial charge in [-0.2, -0.15) is 5.10 Å². The molecule has 0 radical (unpaired) electrons. The molecular weight excluding hydrogens is 436 g/mol. The van der Waals surface area contributed by atoms with Crippen LogP contribution in [0.25, 0.3) is 16.6 Å². The van der Waals surface area contributed by atoms with Gasteiger partial charge in [-0.1, -0.05) is 35.9 Å². The normalized spacial score (nSPS) is 13.2. The molecule has 0 saturated heterocycles. The highest BCUT2D eigenvalue weighted by Crippen LogP contribution is 2.29. The number of fused-ring (bicyclic) bond motifs is 1. The fourth-order valence-electron chi connectivity index (χ4n) is 3.85. The number of benzene rings is 3. The molecule has 1 aromatic heterocycles. The summed E-state index contributed by atoms with van der Waals surface area (Å²) in [4.78, 5) is 25.0.